The molecule has 32 heavy (non-hydrogen) atoms. The van der Waals surface area contributed by atoms with Gasteiger partial charge in [0.15, 0.2) is 0 Å². The van der Waals surface area contributed by atoms with Crippen molar-refractivity contribution >= 4 is 46.9 Å². The number of methoxy groups -OCH3 is 1. The second-order valence-electron chi connectivity index (χ2n) is 8.47. The Kier molecular flexibility index (Phi) is 8.20. The van der Waals surface area contributed by atoms with E-state index in [2.05, 4.69) is 26.0 Å². The van der Waals surface area contributed by atoms with Crippen molar-refractivity contribution in [3.63, 3.8) is 0 Å². The van der Waals surface area contributed by atoms with E-state index in [1.165, 1.54) is 25.3 Å². The molecule has 0 saturated heterocycles. The van der Waals surface area contributed by atoms with Gasteiger partial charge in [-0.05, 0) is 36.5 Å². The maximum absolute atomic E-state index is 12.9. The van der Waals surface area contributed by atoms with Gasteiger partial charge in [-0.15, -0.1) is 0 Å². The summed E-state index contributed by atoms with van der Waals surface area (Å²) in [6.45, 7) is 4.74. The smallest absolute Gasteiger partial charge is 0.407 e. The standard InChI is InChI=1S/C21H27ClN4O6/c1-21(2,3)16(26-20(31)32-4)19(30)25-14-8-5-11(22)9-13(14)17(28)23-10-15(27)18(29)24-12-6-7-12/h5,8-9,12,16H,6-7,10H2,1-4H3,(H,23,28)(H,24,29)(H,25,30)(H,26,31)/t16-/m1/s1. The number of anilines is 1. The third kappa shape index (κ3) is 7.23. The lowest BCUT2D eigenvalue weighted by molar-refractivity contribution is -0.137. The van der Waals surface area contributed by atoms with Gasteiger partial charge in [0.1, 0.15) is 6.04 Å². The number of carbonyl (C=O) groups excluding carboxylic acids is 5. The molecule has 4 amide bonds. The number of ether oxygens (including phenoxy) is 1. The lowest BCUT2D eigenvalue weighted by Gasteiger charge is -2.30. The Bertz CT molecular complexity index is 923. The van der Waals surface area contributed by atoms with Crippen molar-refractivity contribution in [1.29, 1.82) is 0 Å². The van der Waals surface area contributed by atoms with Crippen LogP contribution in [0.25, 0.3) is 0 Å². The number of alkyl carbamates (subject to hydrolysis) is 1. The van der Waals surface area contributed by atoms with Gasteiger partial charge in [0.25, 0.3) is 11.8 Å². The molecule has 0 unspecified atom stereocenters. The summed E-state index contributed by atoms with van der Waals surface area (Å²) in [5.74, 6) is -2.83. The molecule has 10 nitrogen and oxygen atoms in total. The summed E-state index contributed by atoms with van der Waals surface area (Å²) < 4.78 is 4.58. The first-order valence-corrected chi connectivity index (χ1v) is 10.4. The molecular formula is C21H27ClN4O6. The fraction of sp³-hybridized carbons (Fsp3) is 0.476. The van der Waals surface area contributed by atoms with Crippen LogP contribution in [0.3, 0.4) is 0 Å². The van der Waals surface area contributed by atoms with Gasteiger partial charge in [0, 0.05) is 11.1 Å². The monoisotopic (exact) mass is 466 g/mol. The van der Waals surface area contributed by atoms with E-state index in [1.54, 1.807) is 20.8 Å². The van der Waals surface area contributed by atoms with E-state index in [-0.39, 0.29) is 22.3 Å². The average molecular weight is 467 g/mol. The molecule has 0 spiro atoms. The molecule has 1 atom stereocenters. The van der Waals surface area contributed by atoms with E-state index < -0.39 is 47.6 Å². The highest BCUT2D eigenvalue weighted by atomic mass is 35.5. The fourth-order valence-corrected chi connectivity index (χ4v) is 2.87. The zero-order valence-corrected chi connectivity index (χ0v) is 19.1. The lowest BCUT2D eigenvalue weighted by Crippen LogP contribution is -2.51. The number of hydrogen-bond donors (Lipinski definition) is 4. The summed E-state index contributed by atoms with van der Waals surface area (Å²) in [7, 11) is 1.18. The molecule has 0 aliphatic heterocycles. The molecule has 2 rings (SSSR count). The SMILES string of the molecule is COC(=O)N[C@H](C(=O)Nc1ccc(Cl)cc1C(=O)NCC(=O)C(=O)NC1CC1)C(C)(C)C. The molecule has 11 heteroatoms. The summed E-state index contributed by atoms with van der Waals surface area (Å²) >= 11 is 6.00. The summed E-state index contributed by atoms with van der Waals surface area (Å²) in [4.78, 5) is 60.9. The van der Waals surface area contributed by atoms with Crippen LogP contribution in [0.5, 0.6) is 0 Å². The fourth-order valence-electron chi connectivity index (χ4n) is 2.70. The maximum atomic E-state index is 12.9. The molecule has 1 aliphatic rings. The molecule has 1 aromatic carbocycles. The Morgan fingerprint density at radius 2 is 1.81 bits per heavy atom. The molecule has 1 aliphatic carbocycles. The minimum absolute atomic E-state index is 0.00743. The number of ketones is 1. The summed E-state index contributed by atoms with van der Waals surface area (Å²) in [6.07, 6.45) is 0.881. The Morgan fingerprint density at radius 1 is 1.16 bits per heavy atom. The third-order valence-corrected chi connectivity index (χ3v) is 4.87. The predicted molar refractivity (Wildman–Crippen MR) is 117 cm³/mol. The van der Waals surface area contributed by atoms with Crippen molar-refractivity contribution < 1.29 is 28.7 Å². The number of rotatable bonds is 8. The first-order valence-electron chi connectivity index (χ1n) is 9.99. The number of nitrogens with one attached hydrogen (secondary N) is 4. The van der Waals surface area contributed by atoms with Crippen LogP contribution in [0.1, 0.15) is 44.0 Å². The highest BCUT2D eigenvalue weighted by Gasteiger charge is 2.34. The van der Waals surface area contributed by atoms with Crippen molar-refractivity contribution in [3.8, 4) is 0 Å². The van der Waals surface area contributed by atoms with Gasteiger partial charge in [0.2, 0.25) is 11.7 Å². The Labute approximate surface area is 190 Å². The van der Waals surface area contributed by atoms with Crippen LogP contribution in [-0.4, -0.2) is 55.3 Å². The van der Waals surface area contributed by atoms with Crippen molar-refractivity contribution in [3.05, 3.63) is 28.8 Å². The molecular weight excluding hydrogens is 440 g/mol. The second kappa shape index (κ2) is 10.4. The topological polar surface area (TPSA) is 143 Å². The minimum atomic E-state index is -0.978. The highest BCUT2D eigenvalue weighted by Crippen LogP contribution is 2.24. The van der Waals surface area contributed by atoms with Gasteiger partial charge in [0.05, 0.1) is 24.9 Å². The number of hydrogen-bond acceptors (Lipinski definition) is 6. The number of halogens is 1. The molecule has 4 N–H and O–H groups in total. The van der Waals surface area contributed by atoms with Gasteiger partial charge in [-0.1, -0.05) is 32.4 Å². The third-order valence-electron chi connectivity index (χ3n) is 4.64. The summed E-state index contributed by atoms with van der Waals surface area (Å²) in [6, 6.07) is 3.26. The van der Waals surface area contributed by atoms with Gasteiger partial charge < -0.3 is 26.0 Å². The zero-order chi connectivity index (χ0) is 24.1. The quantitative estimate of drug-likeness (QED) is 0.429. The van der Waals surface area contributed by atoms with E-state index in [4.69, 9.17) is 11.6 Å². The van der Waals surface area contributed by atoms with Crippen molar-refractivity contribution in [1.82, 2.24) is 16.0 Å². The van der Waals surface area contributed by atoms with E-state index >= 15 is 0 Å². The van der Waals surface area contributed by atoms with Gasteiger partial charge in [-0.25, -0.2) is 4.79 Å². The van der Waals surface area contributed by atoms with Crippen molar-refractivity contribution in [2.75, 3.05) is 19.0 Å². The summed E-state index contributed by atoms with van der Waals surface area (Å²) in [5.41, 5.74) is -0.561. The molecule has 1 saturated carbocycles. The first kappa shape index (κ1) is 25.1. The number of benzene rings is 1. The zero-order valence-electron chi connectivity index (χ0n) is 18.3. The highest BCUT2D eigenvalue weighted by molar-refractivity contribution is 6.37. The first-order chi connectivity index (χ1) is 14.9. The van der Waals surface area contributed by atoms with Crippen LogP contribution in [-0.2, 0) is 19.1 Å². The van der Waals surface area contributed by atoms with Crippen LogP contribution < -0.4 is 21.3 Å². The predicted octanol–water partition coefficient (Wildman–Crippen LogP) is 1.63. The van der Waals surface area contributed by atoms with Gasteiger partial charge in [-0.3, -0.25) is 19.2 Å². The van der Waals surface area contributed by atoms with Gasteiger partial charge in [-0.2, -0.15) is 0 Å². The van der Waals surface area contributed by atoms with Crippen LogP contribution in [0.15, 0.2) is 18.2 Å². The van der Waals surface area contributed by atoms with Crippen molar-refractivity contribution in [2.24, 2.45) is 5.41 Å². The van der Waals surface area contributed by atoms with E-state index in [0.717, 1.165) is 12.8 Å². The molecule has 1 fully saturated rings. The van der Waals surface area contributed by atoms with Crippen LogP contribution in [0.2, 0.25) is 5.02 Å². The Hall–Kier alpha value is -3.14. The average Bonchev–Trinajstić information content (AvgIpc) is 3.53. The van der Waals surface area contributed by atoms with Crippen LogP contribution >= 0.6 is 11.6 Å². The van der Waals surface area contributed by atoms with E-state index in [1.807, 2.05) is 0 Å². The number of amides is 4. The second-order valence-corrected chi connectivity index (χ2v) is 8.90. The Balaban J connectivity index is 2.12. The maximum Gasteiger partial charge on any atom is 0.407 e. The van der Waals surface area contributed by atoms with E-state index in [9.17, 15) is 24.0 Å². The lowest BCUT2D eigenvalue weighted by atomic mass is 9.86. The summed E-state index contributed by atoms with van der Waals surface area (Å²) in [5, 5.41) is 10.2. The minimum Gasteiger partial charge on any atom is -0.453 e. The number of Topliss-reactive ketones (excluding diaryl/α,β-unsaturated/α-hetero) is 1. The van der Waals surface area contributed by atoms with E-state index in [0.29, 0.717) is 0 Å². The molecule has 0 aromatic heterocycles. The van der Waals surface area contributed by atoms with Gasteiger partial charge >= 0.3 is 6.09 Å². The van der Waals surface area contributed by atoms with Crippen molar-refractivity contribution in [2.45, 2.75) is 45.7 Å². The van der Waals surface area contributed by atoms with Crippen LogP contribution in [0, 0.1) is 5.41 Å². The normalized spacial score (nSPS) is 14.0. The molecule has 0 radical (unpaired) electrons. The largest absolute Gasteiger partial charge is 0.453 e. The molecule has 0 heterocycles. The van der Waals surface area contributed by atoms with Crippen LogP contribution in [0.4, 0.5) is 10.5 Å². The Morgan fingerprint density at radius 3 is 2.38 bits per heavy atom. The number of carbonyl (C=O) groups is 5. The molecule has 1 aromatic rings. The molecule has 0 bridgehead atoms. The molecule has 174 valence electrons.